The lowest BCUT2D eigenvalue weighted by Crippen LogP contribution is -2.23. The molecule has 0 bridgehead atoms. The van der Waals surface area contributed by atoms with E-state index in [-0.39, 0.29) is 11.7 Å². The van der Waals surface area contributed by atoms with Crippen LogP contribution in [0.15, 0.2) is 33.4 Å². The number of carbonyl (C=O) groups excluding carboxylic acids is 1. The molecule has 0 aliphatic heterocycles. The van der Waals surface area contributed by atoms with E-state index in [4.69, 9.17) is 4.42 Å². The number of aliphatic hydroxyl groups excluding tert-OH is 1. The van der Waals surface area contributed by atoms with Gasteiger partial charge in [0.05, 0.1) is 22.8 Å². The Balaban J connectivity index is 2.01. The predicted molar refractivity (Wildman–Crippen MR) is 77.2 cm³/mol. The number of hydrogen-bond acceptors (Lipinski definition) is 4. The maximum absolute atomic E-state index is 11.8. The van der Waals surface area contributed by atoms with Crippen molar-refractivity contribution < 1.29 is 14.3 Å². The van der Waals surface area contributed by atoms with Crippen LogP contribution in [0.3, 0.4) is 0 Å². The number of nitrogens with one attached hydrogen (secondary N) is 1. The third kappa shape index (κ3) is 3.46. The zero-order chi connectivity index (χ0) is 14.7. The molecular formula is C14H15BrN2O3. The maximum atomic E-state index is 11.8. The van der Waals surface area contributed by atoms with Gasteiger partial charge in [0, 0.05) is 17.3 Å². The summed E-state index contributed by atoms with van der Waals surface area (Å²) in [6.07, 6.45) is 0.904. The second-order valence-corrected chi connectivity index (χ2v) is 5.38. The van der Waals surface area contributed by atoms with E-state index in [2.05, 4.69) is 26.2 Å². The molecule has 1 atom stereocenters. The standard InChI is InChI=1S/C14H15BrN2O3/c1-8-12(9(2)18)4-3-11(17-8)6-16-14(19)13-5-10(15)7-20-13/h3-5,7,9,18H,6H2,1-2H3,(H,16,19)/t9-/m0/s1. The molecule has 20 heavy (non-hydrogen) atoms. The van der Waals surface area contributed by atoms with Gasteiger partial charge >= 0.3 is 0 Å². The topological polar surface area (TPSA) is 75.4 Å². The molecule has 2 aromatic heterocycles. The molecule has 0 radical (unpaired) electrons. The van der Waals surface area contributed by atoms with Crippen molar-refractivity contribution >= 4 is 21.8 Å². The second-order valence-electron chi connectivity index (χ2n) is 4.47. The number of halogens is 1. The Bertz CT molecular complexity index is 623. The highest BCUT2D eigenvalue weighted by molar-refractivity contribution is 9.10. The van der Waals surface area contributed by atoms with E-state index in [9.17, 15) is 9.90 Å². The van der Waals surface area contributed by atoms with Gasteiger partial charge < -0.3 is 14.8 Å². The largest absolute Gasteiger partial charge is 0.458 e. The number of nitrogens with zero attached hydrogens (tertiary/aromatic N) is 1. The van der Waals surface area contributed by atoms with Crippen molar-refractivity contribution in [2.75, 3.05) is 0 Å². The Labute approximate surface area is 125 Å². The number of aryl methyl sites for hydroxylation is 1. The monoisotopic (exact) mass is 338 g/mol. The number of aliphatic hydroxyl groups is 1. The van der Waals surface area contributed by atoms with Crippen molar-refractivity contribution in [2.24, 2.45) is 0 Å². The summed E-state index contributed by atoms with van der Waals surface area (Å²) in [4.78, 5) is 16.1. The maximum Gasteiger partial charge on any atom is 0.287 e. The highest BCUT2D eigenvalue weighted by atomic mass is 79.9. The minimum absolute atomic E-state index is 0.245. The van der Waals surface area contributed by atoms with Crippen LogP contribution in [0.25, 0.3) is 0 Å². The summed E-state index contributed by atoms with van der Waals surface area (Å²) in [6.45, 7) is 3.83. The molecule has 0 saturated carbocycles. The number of pyridine rings is 1. The van der Waals surface area contributed by atoms with Crippen molar-refractivity contribution in [3.63, 3.8) is 0 Å². The molecule has 0 spiro atoms. The van der Waals surface area contributed by atoms with Gasteiger partial charge in [-0.3, -0.25) is 9.78 Å². The van der Waals surface area contributed by atoms with Gasteiger partial charge in [0.1, 0.15) is 6.26 Å². The normalized spacial score (nSPS) is 12.2. The average molecular weight is 339 g/mol. The van der Waals surface area contributed by atoms with Gasteiger partial charge in [-0.15, -0.1) is 0 Å². The summed E-state index contributed by atoms with van der Waals surface area (Å²) >= 11 is 3.22. The summed E-state index contributed by atoms with van der Waals surface area (Å²) in [5.41, 5.74) is 2.27. The summed E-state index contributed by atoms with van der Waals surface area (Å²) in [5, 5.41) is 12.3. The van der Waals surface area contributed by atoms with E-state index in [0.29, 0.717) is 6.54 Å². The molecule has 6 heteroatoms. The van der Waals surface area contributed by atoms with Gasteiger partial charge in [-0.2, -0.15) is 0 Å². The molecule has 0 fully saturated rings. The van der Waals surface area contributed by atoms with Crippen molar-refractivity contribution in [3.8, 4) is 0 Å². The number of furan rings is 1. The third-order valence-electron chi connectivity index (χ3n) is 2.86. The first-order chi connectivity index (χ1) is 9.47. The first-order valence-electron chi connectivity index (χ1n) is 6.14. The molecule has 0 aromatic carbocycles. The lowest BCUT2D eigenvalue weighted by Gasteiger charge is -2.10. The Morgan fingerprint density at radius 2 is 2.30 bits per heavy atom. The van der Waals surface area contributed by atoms with Crippen LogP contribution in [0.4, 0.5) is 0 Å². The minimum atomic E-state index is -0.549. The molecule has 5 nitrogen and oxygen atoms in total. The van der Waals surface area contributed by atoms with Crippen molar-refractivity contribution in [1.29, 1.82) is 0 Å². The summed E-state index contributed by atoms with van der Waals surface area (Å²) < 4.78 is 5.80. The van der Waals surface area contributed by atoms with Gasteiger partial charge in [0.2, 0.25) is 0 Å². The van der Waals surface area contributed by atoms with Crippen LogP contribution in [0.2, 0.25) is 0 Å². The van der Waals surface area contributed by atoms with E-state index in [1.54, 1.807) is 19.1 Å². The summed E-state index contributed by atoms with van der Waals surface area (Å²) in [5.74, 6) is -0.0519. The molecular weight excluding hydrogens is 324 g/mol. The van der Waals surface area contributed by atoms with Gasteiger partial charge in [-0.1, -0.05) is 6.07 Å². The van der Waals surface area contributed by atoms with Crippen LogP contribution >= 0.6 is 15.9 Å². The lowest BCUT2D eigenvalue weighted by molar-refractivity contribution is 0.0922. The van der Waals surface area contributed by atoms with Gasteiger partial charge in [-0.05, 0) is 35.8 Å². The number of carbonyl (C=O) groups is 1. The first kappa shape index (κ1) is 14.7. The molecule has 106 valence electrons. The van der Waals surface area contributed by atoms with Crippen LogP contribution in [0, 0.1) is 6.92 Å². The number of hydrogen-bond donors (Lipinski definition) is 2. The average Bonchev–Trinajstić information content (AvgIpc) is 2.82. The van der Waals surface area contributed by atoms with Crippen LogP contribution in [-0.4, -0.2) is 16.0 Å². The van der Waals surface area contributed by atoms with E-state index in [1.165, 1.54) is 6.26 Å². The second kappa shape index (κ2) is 6.19. The van der Waals surface area contributed by atoms with Crippen molar-refractivity contribution in [2.45, 2.75) is 26.5 Å². The Hall–Kier alpha value is -1.66. The minimum Gasteiger partial charge on any atom is -0.458 e. The predicted octanol–water partition coefficient (Wildman–Crippen LogP) is 2.73. The number of amides is 1. The van der Waals surface area contributed by atoms with E-state index in [0.717, 1.165) is 21.4 Å². The molecule has 0 saturated heterocycles. The van der Waals surface area contributed by atoms with Crippen LogP contribution in [0.1, 0.15) is 40.5 Å². The zero-order valence-electron chi connectivity index (χ0n) is 11.2. The fraction of sp³-hybridized carbons (Fsp3) is 0.286. The first-order valence-corrected chi connectivity index (χ1v) is 6.93. The molecule has 0 unspecified atom stereocenters. The van der Waals surface area contributed by atoms with Crippen molar-refractivity contribution in [1.82, 2.24) is 10.3 Å². The number of rotatable bonds is 4. The third-order valence-corrected chi connectivity index (χ3v) is 3.27. The van der Waals surface area contributed by atoms with Crippen LogP contribution in [-0.2, 0) is 6.54 Å². The summed E-state index contributed by atoms with van der Waals surface area (Å²) in [7, 11) is 0. The molecule has 0 aliphatic rings. The molecule has 2 heterocycles. The van der Waals surface area contributed by atoms with Crippen LogP contribution < -0.4 is 5.32 Å². The molecule has 0 aliphatic carbocycles. The Morgan fingerprint density at radius 1 is 1.55 bits per heavy atom. The Morgan fingerprint density at radius 3 is 2.85 bits per heavy atom. The van der Waals surface area contributed by atoms with Gasteiger partial charge in [0.15, 0.2) is 5.76 Å². The highest BCUT2D eigenvalue weighted by Crippen LogP contribution is 2.16. The zero-order valence-corrected chi connectivity index (χ0v) is 12.8. The van der Waals surface area contributed by atoms with Crippen LogP contribution in [0.5, 0.6) is 0 Å². The highest BCUT2D eigenvalue weighted by Gasteiger charge is 2.11. The smallest absolute Gasteiger partial charge is 0.287 e. The molecule has 1 amide bonds. The van der Waals surface area contributed by atoms with Gasteiger partial charge in [-0.25, -0.2) is 0 Å². The molecule has 2 rings (SSSR count). The van der Waals surface area contributed by atoms with E-state index < -0.39 is 6.10 Å². The van der Waals surface area contributed by atoms with E-state index >= 15 is 0 Å². The quantitative estimate of drug-likeness (QED) is 0.898. The fourth-order valence-corrected chi connectivity index (χ4v) is 2.16. The fourth-order valence-electron chi connectivity index (χ4n) is 1.85. The lowest BCUT2D eigenvalue weighted by atomic mass is 10.1. The van der Waals surface area contributed by atoms with E-state index in [1.807, 2.05) is 13.0 Å². The molecule has 2 aromatic rings. The SMILES string of the molecule is Cc1nc(CNC(=O)c2cc(Br)co2)ccc1[C@H](C)O. The number of aromatic nitrogens is 1. The van der Waals surface area contributed by atoms with Gasteiger partial charge in [0.25, 0.3) is 5.91 Å². The van der Waals surface area contributed by atoms with Crippen molar-refractivity contribution in [3.05, 3.63) is 51.6 Å². The molecule has 2 N–H and O–H groups in total. The Kier molecular flexibility index (Phi) is 4.57. The summed E-state index contributed by atoms with van der Waals surface area (Å²) in [6, 6.07) is 5.20.